The molecule has 3 aliphatic rings. The zero-order chi connectivity index (χ0) is 14.6. The Hall–Kier alpha value is -1.88. The second-order valence-corrected chi connectivity index (χ2v) is 6.20. The predicted molar refractivity (Wildman–Crippen MR) is 78.7 cm³/mol. The third-order valence-electron chi connectivity index (χ3n) is 5.09. The van der Waals surface area contributed by atoms with Crippen LogP contribution in [0, 0.1) is 0 Å². The van der Waals surface area contributed by atoms with Crippen molar-refractivity contribution in [3.63, 3.8) is 0 Å². The molecule has 5 nitrogen and oxygen atoms in total. The fourth-order valence-electron chi connectivity index (χ4n) is 3.88. The second-order valence-electron chi connectivity index (χ2n) is 6.20. The van der Waals surface area contributed by atoms with E-state index in [0.29, 0.717) is 6.42 Å². The molecular formula is C16H19N3O2. The quantitative estimate of drug-likeness (QED) is 0.822. The minimum Gasteiger partial charge on any atom is -0.325 e. The van der Waals surface area contributed by atoms with E-state index in [2.05, 4.69) is 16.7 Å². The summed E-state index contributed by atoms with van der Waals surface area (Å²) in [5, 5.41) is 6.46. The van der Waals surface area contributed by atoms with Crippen molar-refractivity contribution < 1.29 is 9.59 Å². The summed E-state index contributed by atoms with van der Waals surface area (Å²) in [4.78, 5) is 25.9. The van der Waals surface area contributed by atoms with Crippen LogP contribution in [0.1, 0.15) is 43.2 Å². The molecule has 0 bridgehead atoms. The third-order valence-corrected chi connectivity index (χ3v) is 5.09. The molecule has 4 rings (SSSR count). The first-order valence-corrected chi connectivity index (χ1v) is 7.63. The highest BCUT2D eigenvalue weighted by Gasteiger charge is 2.48. The van der Waals surface area contributed by atoms with Crippen LogP contribution in [-0.2, 0) is 15.3 Å². The normalized spacial score (nSPS) is 31.1. The van der Waals surface area contributed by atoms with Gasteiger partial charge in [-0.3, -0.25) is 14.9 Å². The van der Waals surface area contributed by atoms with Gasteiger partial charge in [0, 0.05) is 18.7 Å². The maximum atomic E-state index is 12.2. The lowest BCUT2D eigenvalue weighted by molar-refractivity contribution is -0.134. The van der Waals surface area contributed by atoms with Crippen LogP contribution < -0.4 is 10.6 Å². The van der Waals surface area contributed by atoms with Gasteiger partial charge in [-0.1, -0.05) is 6.07 Å². The lowest BCUT2D eigenvalue weighted by Crippen LogP contribution is -2.58. The Balaban J connectivity index is 1.80. The molecule has 21 heavy (non-hydrogen) atoms. The van der Waals surface area contributed by atoms with Gasteiger partial charge in [-0.2, -0.15) is 0 Å². The van der Waals surface area contributed by atoms with Gasteiger partial charge in [0.1, 0.15) is 5.66 Å². The molecule has 2 unspecified atom stereocenters. The highest BCUT2D eigenvalue weighted by Crippen LogP contribution is 2.42. The zero-order valence-corrected chi connectivity index (χ0v) is 12.1. The molecule has 110 valence electrons. The van der Waals surface area contributed by atoms with Gasteiger partial charge < -0.3 is 10.2 Å². The van der Waals surface area contributed by atoms with Crippen LogP contribution in [0.3, 0.4) is 0 Å². The van der Waals surface area contributed by atoms with Crippen LogP contribution in [0.4, 0.5) is 5.69 Å². The number of hydrogen-bond donors (Lipinski definition) is 2. The number of fused-ring (bicyclic) bond motifs is 2. The van der Waals surface area contributed by atoms with Gasteiger partial charge in [0.15, 0.2) is 0 Å². The van der Waals surface area contributed by atoms with Crippen LogP contribution >= 0.6 is 0 Å². The Labute approximate surface area is 123 Å². The molecular weight excluding hydrogens is 266 g/mol. The van der Waals surface area contributed by atoms with E-state index >= 15 is 0 Å². The fraction of sp³-hybridized carbons (Fsp3) is 0.500. The van der Waals surface area contributed by atoms with E-state index in [-0.39, 0.29) is 23.4 Å². The lowest BCUT2D eigenvalue weighted by Gasteiger charge is -2.43. The number of nitrogens with one attached hydrogen (secondary N) is 2. The topological polar surface area (TPSA) is 61.4 Å². The van der Waals surface area contributed by atoms with Gasteiger partial charge in [0.25, 0.3) is 0 Å². The molecule has 0 aliphatic carbocycles. The van der Waals surface area contributed by atoms with Crippen molar-refractivity contribution in [3.8, 4) is 0 Å². The fourth-order valence-corrected chi connectivity index (χ4v) is 3.88. The SMILES string of the molecule is CC1C(=O)Nc2ccc(C34CCC(=O)N3CCCN4)cc21. The smallest absolute Gasteiger partial charge is 0.231 e. The monoisotopic (exact) mass is 285 g/mol. The number of benzene rings is 1. The standard InChI is InChI=1S/C16H19N3O2/c1-10-12-9-11(3-4-13(12)18-15(10)21)16-6-5-14(20)19(16)8-2-7-17-16/h3-4,9-10,17H,2,5-8H2,1H3,(H,18,21). The Bertz CT molecular complexity index is 642. The van der Waals surface area contributed by atoms with Gasteiger partial charge in [0.2, 0.25) is 11.8 Å². The third kappa shape index (κ3) is 1.67. The summed E-state index contributed by atoms with van der Waals surface area (Å²) < 4.78 is 0. The minimum atomic E-state index is -0.365. The molecule has 0 saturated carbocycles. The molecule has 3 heterocycles. The summed E-state index contributed by atoms with van der Waals surface area (Å²) in [7, 11) is 0. The summed E-state index contributed by atoms with van der Waals surface area (Å²) in [6.45, 7) is 3.66. The Morgan fingerprint density at radius 3 is 3.05 bits per heavy atom. The number of hydrogen-bond acceptors (Lipinski definition) is 3. The van der Waals surface area contributed by atoms with Gasteiger partial charge in [-0.25, -0.2) is 0 Å². The molecule has 3 aliphatic heterocycles. The Morgan fingerprint density at radius 2 is 2.19 bits per heavy atom. The predicted octanol–water partition coefficient (Wildman–Crippen LogP) is 1.51. The zero-order valence-electron chi connectivity index (χ0n) is 12.1. The van der Waals surface area contributed by atoms with Crippen molar-refractivity contribution in [3.05, 3.63) is 29.3 Å². The van der Waals surface area contributed by atoms with Crippen molar-refractivity contribution in [2.24, 2.45) is 0 Å². The summed E-state index contributed by atoms with van der Waals surface area (Å²) >= 11 is 0. The van der Waals surface area contributed by atoms with E-state index in [9.17, 15) is 9.59 Å². The van der Waals surface area contributed by atoms with E-state index in [4.69, 9.17) is 0 Å². The lowest BCUT2D eigenvalue weighted by atomic mass is 9.90. The number of carbonyl (C=O) groups excluding carboxylic acids is 2. The Morgan fingerprint density at radius 1 is 1.33 bits per heavy atom. The molecule has 5 heteroatoms. The maximum Gasteiger partial charge on any atom is 0.231 e. The van der Waals surface area contributed by atoms with Gasteiger partial charge >= 0.3 is 0 Å². The van der Waals surface area contributed by atoms with Crippen molar-refractivity contribution in [1.29, 1.82) is 0 Å². The molecule has 1 aromatic carbocycles. The summed E-state index contributed by atoms with van der Waals surface area (Å²) in [5.74, 6) is 0.158. The van der Waals surface area contributed by atoms with E-state index in [0.717, 1.165) is 42.7 Å². The molecule has 1 aromatic rings. The van der Waals surface area contributed by atoms with E-state index in [1.807, 2.05) is 24.0 Å². The van der Waals surface area contributed by atoms with Gasteiger partial charge in [-0.05, 0) is 49.6 Å². The molecule has 0 aromatic heterocycles. The van der Waals surface area contributed by atoms with Gasteiger partial charge in [-0.15, -0.1) is 0 Å². The molecule has 2 amide bonds. The summed E-state index contributed by atoms with van der Waals surface area (Å²) in [5.41, 5.74) is 2.68. The summed E-state index contributed by atoms with van der Waals surface area (Å²) in [6.07, 6.45) is 2.39. The van der Waals surface area contributed by atoms with Gasteiger partial charge in [0.05, 0.1) is 5.92 Å². The Kier molecular flexibility index (Phi) is 2.63. The van der Waals surface area contributed by atoms with Crippen LogP contribution in [-0.4, -0.2) is 29.8 Å². The molecule has 2 fully saturated rings. The number of carbonyl (C=O) groups is 2. The van der Waals surface area contributed by atoms with Crippen LogP contribution in [0.2, 0.25) is 0 Å². The van der Waals surface area contributed by atoms with Crippen molar-refractivity contribution >= 4 is 17.5 Å². The first kappa shape index (κ1) is 12.8. The molecule has 0 radical (unpaired) electrons. The average molecular weight is 285 g/mol. The second kappa shape index (κ2) is 4.31. The molecule has 2 N–H and O–H groups in total. The maximum absolute atomic E-state index is 12.2. The first-order valence-electron chi connectivity index (χ1n) is 7.63. The van der Waals surface area contributed by atoms with E-state index < -0.39 is 0 Å². The summed E-state index contributed by atoms with van der Waals surface area (Å²) in [6, 6.07) is 6.11. The minimum absolute atomic E-state index is 0.0515. The number of anilines is 1. The highest BCUT2D eigenvalue weighted by atomic mass is 16.2. The molecule has 2 saturated heterocycles. The highest BCUT2D eigenvalue weighted by molar-refractivity contribution is 6.02. The van der Waals surface area contributed by atoms with Crippen molar-refractivity contribution in [2.75, 3.05) is 18.4 Å². The van der Waals surface area contributed by atoms with Crippen molar-refractivity contribution in [2.45, 2.75) is 37.8 Å². The molecule has 0 spiro atoms. The largest absolute Gasteiger partial charge is 0.325 e. The van der Waals surface area contributed by atoms with E-state index in [1.165, 1.54) is 0 Å². The number of nitrogens with zero attached hydrogens (tertiary/aromatic N) is 1. The van der Waals surface area contributed by atoms with Crippen molar-refractivity contribution in [1.82, 2.24) is 10.2 Å². The van der Waals surface area contributed by atoms with Crippen LogP contribution in [0.25, 0.3) is 0 Å². The first-order chi connectivity index (χ1) is 10.1. The number of amides is 2. The molecule has 2 atom stereocenters. The van der Waals surface area contributed by atoms with Crippen LogP contribution in [0.5, 0.6) is 0 Å². The average Bonchev–Trinajstić information content (AvgIpc) is 2.99. The number of rotatable bonds is 1. The van der Waals surface area contributed by atoms with Crippen LogP contribution in [0.15, 0.2) is 18.2 Å². The van der Waals surface area contributed by atoms with E-state index in [1.54, 1.807) is 0 Å².